The zero-order valence-corrected chi connectivity index (χ0v) is 16.0. The molecule has 144 valence electrons. The molecule has 1 aromatic heterocycles. The van der Waals surface area contributed by atoms with Crippen LogP contribution < -0.4 is 15.4 Å². The van der Waals surface area contributed by atoms with Crippen LogP contribution in [0.3, 0.4) is 0 Å². The number of aromatic nitrogens is 2. The van der Waals surface area contributed by atoms with Gasteiger partial charge in [0, 0.05) is 23.8 Å². The lowest BCUT2D eigenvalue weighted by Gasteiger charge is -2.34. The van der Waals surface area contributed by atoms with E-state index in [9.17, 15) is 13.2 Å². The van der Waals surface area contributed by atoms with E-state index in [2.05, 4.69) is 20.6 Å². The molecule has 1 saturated heterocycles. The van der Waals surface area contributed by atoms with Gasteiger partial charge in [-0.1, -0.05) is 0 Å². The Morgan fingerprint density at radius 2 is 1.85 bits per heavy atom. The summed E-state index contributed by atoms with van der Waals surface area (Å²) >= 11 is 0. The largest absolute Gasteiger partial charge is 0.424 e. The average molecular weight is 390 g/mol. The molecule has 0 spiro atoms. The van der Waals surface area contributed by atoms with Crippen molar-refractivity contribution in [2.75, 3.05) is 24.7 Å². The predicted molar refractivity (Wildman–Crippen MR) is 102 cm³/mol. The number of carbonyl (C=O) groups excluding carboxylic acids is 1. The number of hydrogen-bond acceptors (Lipinski definition) is 7. The standard InChI is InChI=1S/C18H22N4O4S/c1-13-7-10-20-17(21-13)26-15-5-3-14(4-6-15)22-16(23)18(27(2,24)25)8-11-19-12-9-18/h3-7,10,19H,8-9,11-12H2,1-2H3,(H,22,23). The molecule has 1 fully saturated rings. The quantitative estimate of drug-likeness (QED) is 0.799. The molecule has 0 atom stereocenters. The molecule has 0 saturated carbocycles. The fourth-order valence-corrected chi connectivity index (χ4v) is 4.36. The van der Waals surface area contributed by atoms with E-state index >= 15 is 0 Å². The van der Waals surface area contributed by atoms with Gasteiger partial charge in [0.1, 0.15) is 5.75 Å². The molecule has 9 heteroatoms. The molecule has 0 aliphatic carbocycles. The second-order valence-corrected chi connectivity index (χ2v) is 8.90. The van der Waals surface area contributed by atoms with Gasteiger partial charge in [-0.3, -0.25) is 4.79 Å². The van der Waals surface area contributed by atoms with Gasteiger partial charge in [-0.2, -0.15) is 0 Å². The van der Waals surface area contributed by atoms with Gasteiger partial charge in [0.25, 0.3) is 0 Å². The molecule has 27 heavy (non-hydrogen) atoms. The highest BCUT2D eigenvalue weighted by Crippen LogP contribution is 2.30. The number of carbonyl (C=O) groups is 1. The lowest BCUT2D eigenvalue weighted by atomic mass is 9.95. The second-order valence-electron chi connectivity index (χ2n) is 6.58. The molecule has 1 aromatic carbocycles. The monoisotopic (exact) mass is 390 g/mol. The van der Waals surface area contributed by atoms with Crippen LogP contribution in [0.15, 0.2) is 36.5 Å². The van der Waals surface area contributed by atoms with E-state index in [4.69, 9.17) is 4.74 Å². The van der Waals surface area contributed by atoms with Crippen LogP contribution in [0.5, 0.6) is 11.8 Å². The van der Waals surface area contributed by atoms with Crippen LogP contribution in [0.4, 0.5) is 5.69 Å². The van der Waals surface area contributed by atoms with Gasteiger partial charge >= 0.3 is 6.01 Å². The Hall–Kier alpha value is -2.52. The zero-order valence-electron chi connectivity index (χ0n) is 15.2. The number of aryl methyl sites for hydroxylation is 1. The van der Waals surface area contributed by atoms with Gasteiger partial charge in [-0.05, 0) is 63.2 Å². The SMILES string of the molecule is Cc1ccnc(Oc2ccc(NC(=O)C3(S(C)(=O)=O)CCNCC3)cc2)n1. The summed E-state index contributed by atoms with van der Waals surface area (Å²) in [6, 6.07) is 8.63. The Labute approximate surface area is 158 Å². The Bertz CT molecular complexity index is 923. The zero-order chi connectivity index (χ0) is 19.5. The van der Waals surface area contributed by atoms with Gasteiger partial charge in [0.15, 0.2) is 14.6 Å². The van der Waals surface area contributed by atoms with Crippen LogP contribution in [-0.4, -0.2) is 48.4 Å². The van der Waals surface area contributed by atoms with Gasteiger partial charge in [-0.15, -0.1) is 0 Å². The highest BCUT2D eigenvalue weighted by molar-refractivity contribution is 7.92. The summed E-state index contributed by atoms with van der Waals surface area (Å²) in [5.41, 5.74) is 1.29. The van der Waals surface area contributed by atoms with Crippen molar-refractivity contribution in [3.8, 4) is 11.8 Å². The summed E-state index contributed by atoms with van der Waals surface area (Å²) in [6.07, 6.45) is 3.24. The van der Waals surface area contributed by atoms with Crippen molar-refractivity contribution in [1.29, 1.82) is 0 Å². The smallest absolute Gasteiger partial charge is 0.322 e. The molecule has 1 amide bonds. The van der Waals surface area contributed by atoms with Crippen LogP contribution in [0.2, 0.25) is 0 Å². The molecule has 2 heterocycles. The normalized spacial score (nSPS) is 16.5. The van der Waals surface area contributed by atoms with Crippen LogP contribution in [-0.2, 0) is 14.6 Å². The first-order valence-electron chi connectivity index (χ1n) is 8.59. The fourth-order valence-electron chi connectivity index (χ4n) is 3.03. The number of ether oxygens (including phenoxy) is 1. The van der Waals surface area contributed by atoms with Crippen molar-refractivity contribution in [1.82, 2.24) is 15.3 Å². The number of benzene rings is 1. The van der Waals surface area contributed by atoms with Crippen LogP contribution in [0, 0.1) is 6.92 Å². The topological polar surface area (TPSA) is 110 Å². The Balaban J connectivity index is 1.73. The number of anilines is 1. The molecular weight excluding hydrogens is 368 g/mol. The molecule has 0 unspecified atom stereocenters. The van der Waals surface area contributed by atoms with E-state index in [0.717, 1.165) is 11.9 Å². The van der Waals surface area contributed by atoms with Crippen molar-refractivity contribution < 1.29 is 17.9 Å². The van der Waals surface area contributed by atoms with Crippen molar-refractivity contribution in [3.63, 3.8) is 0 Å². The predicted octanol–water partition coefficient (Wildman–Crippen LogP) is 1.68. The van der Waals surface area contributed by atoms with Crippen molar-refractivity contribution in [2.45, 2.75) is 24.5 Å². The van der Waals surface area contributed by atoms with Crippen LogP contribution in [0.1, 0.15) is 18.5 Å². The molecule has 3 rings (SSSR count). The van der Waals surface area contributed by atoms with Crippen LogP contribution >= 0.6 is 0 Å². The molecule has 0 bridgehead atoms. The maximum Gasteiger partial charge on any atom is 0.322 e. The van der Waals surface area contributed by atoms with Gasteiger partial charge < -0.3 is 15.4 Å². The number of amides is 1. The van der Waals surface area contributed by atoms with E-state index < -0.39 is 20.5 Å². The van der Waals surface area contributed by atoms with Crippen molar-refractivity contribution in [2.24, 2.45) is 0 Å². The minimum atomic E-state index is -3.55. The number of nitrogens with zero attached hydrogens (tertiary/aromatic N) is 2. The third-order valence-electron chi connectivity index (χ3n) is 4.63. The minimum absolute atomic E-state index is 0.234. The lowest BCUT2D eigenvalue weighted by Crippen LogP contribution is -2.55. The summed E-state index contributed by atoms with van der Waals surface area (Å²) in [5, 5.41) is 5.82. The van der Waals surface area contributed by atoms with Crippen LogP contribution in [0.25, 0.3) is 0 Å². The Morgan fingerprint density at radius 1 is 1.19 bits per heavy atom. The third-order valence-corrected chi connectivity index (χ3v) is 6.64. The molecule has 2 aromatic rings. The fraction of sp³-hybridized carbons (Fsp3) is 0.389. The number of sulfone groups is 1. The first-order valence-corrected chi connectivity index (χ1v) is 10.5. The third kappa shape index (κ3) is 4.25. The first kappa shape index (κ1) is 19.2. The summed E-state index contributed by atoms with van der Waals surface area (Å²) < 4.78 is 28.8. The summed E-state index contributed by atoms with van der Waals surface area (Å²) in [4.78, 5) is 21.0. The summed E-state index contributed by atoms with van der Waals surface area (Å²) in [6.45, 7) is 2.82. The number of nitrogens with one attached hydrogen (secondary N) is 2. The summed E-state index contributed by atoms with van der Waals surface area (Å²) in [7, 11) is -3.55. The van der Waals surface area contributed by atoms with E-state index in [0.29, 0.717) is 24.5 Å². The number of piperidine rings is 1. The first-order chi connectivity index (χ1) is 12.8. The Morgan fingerprint density at radius 3 is 2.44 bits per heavy atom. The summed E-state index contributed by atoms with van der Waals surface area (Å²) in [5.74, 6) is 0.0143. The molecule has 1 aliphatic heterocycles. The molecule has 8 nitrogen and oxygen atoms in total. The Kier molecular flexibility index (Phi) is 5.43. The van der Waals surface area contributed by atoms with E-state index in [-0.39, 0.29) is 18.9 Å². The maximum atomic E-state index is 12.8. The second kappa shape index (κ2) is 7.61. The van der Waals surface area contributed by atoms with E-state index in [1.807, 2.05) is 6.92 Å². The molecular formula is C18H22N4O4S. The van der Waals surface area contributed by atoms with E-state index in [1.54, 1.807) is 36.5 Å². The number of rotatable bonds is 5. The average Bonchev–Trinajstić information content (AvgIpc) is 2.63. The van der Waals surface area contributed by atoms with Crippen molar-refractivity contribution >= 4 is 21.4 Å². The minimum Gasteiger partial charge on any atom is -0.424 e. The van der Waals surface area contributed by atoms with Gasteiger partial charge in [0.2, 0.25) is 5.91 Å². The van der Waals surface area contributed by atoms with Gasteiger partial charge in [-0.25, -0.2) is 18.4 Å². The lowest BCUT2D eigenvalue weighted by molar-refractivity contribution is -0.119. The highest BCUT2D eigenvalue weighted by Gasteiger charge is 2.48. The van der Waals surface area contributed by atoms with E-state index in [1.165, 1.54) is 0 Å². The maximum absolute atomic E-state index is 12.8. The van der Waals surface area contributed by atoms with Gasteiger partial charge in [0.05, 0.1) is 0 Å². The molecule has 0 radical (unpaired) electrons. The highest BCUT2D eigenvalue weighted by atomic mass is 32.2. The molecule has 1 aliphatic rings. The molecule has 2 N–H and O–H groups in total. The number of hydrogen-bond donors (Lipinski definition) is 2. The van der Waals surface area contributed by atoms with Crippen molar-refractivity contribution in [3.05, 3.63) is 42.2 Å².